The Morgan fingerprint density at radius 2 is 1.89 bits per heavy atom. The van der Waals surface area contributed by atoms with Crippen LogP contribution in [0.15, 0.2) is 36.4 Å². The third kappa shape index (κ3) is 3.33. The molecule has 0 bridgehead atoms. The summed E-state index contributed by atoms with van der Waals surface area (Å²) in [7, 11) is 4.62. The Labute approximate surface area is 157 Å². The maximum absolute atomic E-state index is 12.4. The van der Waals surface area contributed by atoms with E-state index in [4.69, 9.17) is 9.47 Å². The third-order valence-corrected chi connectivity index (χ3v) is 4.69. The van der Waals surface area contributed by atoms with Crippen LogP contribution in [-0.2, 0) is 0 Å². The van der Waals surface area contributed by atoms with Crippen molar-refractivity contribution in [2.45, 2.75) is 12.0 Å². The molecule has 0 saturated heterocycles. The number of amides is 2. The van der Waals surface area contributed by atoms with E-state index >= 15 is 0 Å². The number of fused-ring (bicyclic) bond motifs is 1. The average Bonchev–Trinajstić information content (AvgIpc) is 3.10. The first kappa shape index (κ1) is 18.7. The Kier molecular flexibility index (Phi) is 5.32. The van der Waals surface area contributed by atoms with Crippen molar-refractivity contribution in [1.29, 1.82) is 0 Å². The highest BCUT2D eigenvalue weighted by Crippen LogP contribution is 2.45. The van der Waals surface area contributed by atoms with Crippen LogP contribution < -0.4 is 20.1 Å². The predicted octanol–water partition coefficient (Wildman–Crippen LogP) is 1.30. The molecule has 7 heteroatoms. The van der Waals surface area contributed by atoms with Gasteiger partial charge in [0.1, 0.15) is 17.6 Å². The third-order valence-electron chi connectivity index (χ3n) is 4.69. The molecule has 2 atom stereocenters. The van der Waals surface area contributed by atoms with E-state index in [9.17, 15) is 14.7 Å². The second-order valence-corrected chi connectivity index (χ2v) is 6.19. The van der Waals surface area contributed by atoms with Crippen molar-refractivity contribution >= 4 is 11.8 Å². The molecule has 0 fully saturated rings. The van der Waals surface area contributed by atoms with Gasteiger partial charge >= 0.3 is 0 Å². The van der Waals surface area contributed by atoms with Gasteiger partial charge in [0.15, 0.2) is 0 Å². The van der Waals surface area contributed by atoms with Gasteiger partial charge in [0.05, 0.1) is 25.2 Å². The summed E-state index contributed by atoms with van der Waals surface area (Å²) >= 11 is 0. The zero-order valence-electron chi connectivity index (χ0n) is 15.4. The van der Waals surface area contributed by atoms with E-state index in [1.54, 1.807) is 13.2 Å². The second kappa shape index (κ2) is 7.67. The average molecular weight is 370 g/mol. The summed E-state index contributed by atoms with van der Waals surface area (Å²) < 4.78 is 11.2. The Morgan fingerprint density at radius 3 is 2.52 bits per heavy atom. The molecule has 0 radical (unpaired) electrons. The van der Waals surface area contributed by atoms with Crippen molar-refractivity contribution in [3.63, 3.8) is 0 Å². The number of hydrogen-bond donors (Lipinski definition) is 3. The van der Waals surface area contributed by atoms with Crippen LogP contribution in [0.25, 0.3) is 0 Å². The van der Waals surface area contributed by atoms with Crippen LogP contribution in [0, 0.1) is 0 Å². The van der Waals surface area contributed by atoms with Crippen LogP contribution in [0.3, 0.4) is 0 Å². The summed E-state index contributed by atoms with van der Waals surface area (Å²) in [6.07, 6.45) is -0.574. The van der Waals surface area contributed by atoms with E-state index in [-0.39, 0.29) is 29.9 Å². The fourth-order valence-electron chi connectivity index (χ4n) is 3.38. The summed E-state index contributed by atoms with van der Waals surface area (Å²) in [6.45, 7) is -0.237. The van der Waals surface area contributed by atoms with E-state index in [0.717, 1.165) is 5.56 Å². The molecular formula is C20H22N2O5. The highest BCUT2D eigenvalue weighted by molar-refractivity contribution is 6.02. The number of nitrogens with one attached hydrogen (secondary N) is 2. The van der Waals surface area contributed by atoms with Crippen molar-refractivity contribution in [2.75, 3.05) is 27.8 Å². The van der Waals surface area contributed by atoms with Gasteiger partial charge in [-0.05, 0) is 29.8 Å². The number of methoxy groups -OCH3 is 1. The molecule has 2 aromatic carbocycles. The standard InChI is InChI=1S/C20H22N2O5/c1-21-19(24)12-8-14-17(11-5-4-6-13(7-11)26-3)16(10-23)27-18(14)15(9-12)20(25)22-2/h4-9,16-17,23H,10H2,1-3H3,(H,21,24)(H,22,25)/t16-,17+/m1/s1. The SMILES string of the molecule is CNC(=O)c1cc(C(=O)NC)c2c(c1)[C@H](c1cccc(OC)c1)[C@@H](CO)O2. The number of carbonyl (C=O) groups is 2. The number of rotatable bonds is 5. The molecule has 142 valence electrons. The van der Waals surface area contributed by atoms with Crippen molar-refractivity contribution in [3.8, 4) is 11.5 Å². The predicted molar refractivity (Wildman–Crippen MR) is 99.6 cm³/mol. The molecule has 2 amide bonds. The molecule has 7 nitrogen and oxygen atoms in total. The van der Waals surface area contributed by atoms with Crippen molar-refractivity contribution in [1.82, 2.24) is 10.6 Å². The lowest BCUT2D eigenvalue weighted by Gasteiger charge is -2.18. The van der Waals surface area contributed by atoms with Gasteiger partial charge in [-0.1, -0.05) is 12.1 Å². The van der Waals surface area contributed by atoms with Gasteiger partial charge < -0.3 is 25.2 Å². The number of benzene rings is 2. The molecule has 0 aromatic heterocycles. The summed E-state index contributed by atoms with van der Waals surface area (Å²) in [5.41, 5.74) is 2.16. The fraction of sp³-hybridized carbons (Fsp3) is 0.300. The molecule has 27 heavy (non-hydrogen) atoms. The van der Waals surface area contributed by atoms with Gasteiger partial charge in [0, 0.05) is 25.2 Å². The second-order valence-electron chi connectivity index (χ2n) is 6.19. The first-order valence-electron chi connectivity index (χ1n) is 8.57. The lowest BCUT2D eigenvalue weighted by Crippen LogP contribution is -2.24. The number of aliphatic hydroxyl groups excluding tert-OH is 1. The van der Waals surface area contributed by atoms with Gasteiger partial charge in [-0.15, -0.1) is 0 Å². The van der Waals surface area contributed by atoms with E-state index < -0.39 is 6.10 Å². The maximum atomic E-state index is 12.4. The molecule has 3 N–H and O–H groups in total. The van der Waals surface area contributed by atoms with Crippen molar-refractivity contribution < 1.29 is 24.2 Å². The first-order valence-corrected chi connectivity index (χ1v) is 8.57. The first-order chi connectivity index (χ1) is 13.0. The number of ether oxygens (including phenoxy) is 2. The quantitative estimate of drug-likeness (QED) is 0.737. The largest absolute Gasteiger partial charge is 0.497 e. The normalized spacial score (nSPS) is 17.6. The zero-order chi connectivity index (χ0) is 19.6. The monoisotopic (exact) mass is 370 g/mol. The van der Waals surface area contributed by atoms with Crippen LogP contribution >= 0.6 is 0 Å². The Balaban J connectivity index is 2.21. The van der Waals surface area contributed by atoms with Gasteiger partial charge in [0.2, 0.25) is 0 Å². The molecule has 1 heterocycles. The fourth-order valence-corrected chi connectivity index (χ4v) is 3.38. The Morgan fingerprint density at radius 1 is 1.15 bits per heavy atom. The van der Waals surface area contributed by atoms with Crippen LogP contribution in [0.5, 0.6) is 11.5 Å². The van der Waals surface area contributed by atoms with Gasteiger partial charge in [-0.2, -0.15) is 0 Å². The number of hydrogen-bond acceptors (Lipinski definition) is 5. The maximum Gasteiger partial charge on any atom is 0.254 e. The van der Waals surface area contributed by atoms with E-state index in [0.29, 0.717) is 22.6 Å². The lowest BCUT2D eigenvalue weighted by molar-refractivity contribution is 0.0947. The topological polar surface area (TPSA) is 96.9 Å². The minimum absolute atomic E-state index is 0.237. The highest BCUT2D eigenvalue weighted by atomic mass is 16.5. The summed E-state index contributed by atoms with van der Waals surface area (Å²) in [6, 6.07) is 10.6. The van der Waals surface area contributed by atoms with E-state index in [1.807, 2.05) is 24.3 Å². The van der Waals surface area contributed by atoms with Crippen LogP contribution in [0.1, 0.15) is 37.8 Å². The molecule has 1 aliphatic heterocycles. The Hall–Kier alpha value is -3.06. The molecule has 3 rings (SSSR count). The zero-order valence-corrected chi connectivity index (χ0v) is 15.4. The van der Waals surface area contributed by atoms with Gasteiger partial charge in [0.25, 0.3) is 11.8 Å². The van der Waals surface area contributed by atoms with Crippen molar-refractivity contribution in [3.05, 3.63) is 58.7 Å². The molecule has 0 spiro atoms. The molecular weight excluding hydrogens is 348 g/mol. The summed E-state index contributed by atoms with van der Waals surface area (Å²) in [5, 5.41) is 15.0. The summed E-state index contributed by atoms with van der Waals surface area (Å²) in [5.74, 6) is 0.0494. The van der Waals surface area contributed by atoms with Crippen LogP contribution in [-0.4, -0.2) is 50.8 Å². The molecule has 1 aliphatic rings. The highest BCUT2D eigenvalue weighted by Gasteiger charge is 2.38. The van der Waals surface area contributed by atoms with E-state index in [2.05, 4.69) is 10.6 Å². The smallest absolute Gasteiger partial charge is 0.254 e. The summed E-state index contributed by atoms with van der Waals surface area (Å²) in [4.78, 5) is 24.6. The minimum atomic E-state index is -0.574. The molecule has 0 aliphatic carbocycles. The van der Waals surface area contributed by atoms with Crippen LogP contribution in [0.4, 0.5) is 0 Å². The van der Waals surface area contributed by atoms with E-state index in [1.165, 1.54) is 20.2 Å². The molecule has 0 saturated carbocycles. The lowest BCUT2D eigenvalue weighted by atomic mass is 9.86. The molecule has 0 unspecified atom stereocenters. The Bertz CT molecular complexity index is 881. The number of aliphatic hydroxyl groups is 1. The van der Waals surface area contributed by atoms with Crippen LogP contribution in [0.2, 0.25) is 0 Å². The van der Waals surface area contributed by atoms with Gasteiger partial charge in [-0.25, -0.2) is 0 Å². The minimum Gasteiger partial charge on any atom is -0.497 e. The van der Waals surface area contributed by atoms with Gasteiger partial charge in [-0.3, -0.25) is 9.59 Å². The number of carbonyl (C=O) groups excluding carboxylic acids is 2. The van der Waals surface area contributed by atoms with Crippen molar-refractivity contribution in [2.24, 2.45) is 0 Å². The molecule has 2 aromatic rings.